The molecule has 0 saturated carbocycles. The molecule has 0 spiro atoms. The summed E-state index contributed by atoms with van der Waals surface area (Å²) in [6.45, 7) is 1.51. The fourth-order valence-electron chi connectivity index (χ4n) is 3.51. The minimum atomic E-state index is -0.511. The van der Waals surface area contributed by atoms with Crippen molar-refractivity contribution in [1.82, 2.24) is 0 Å². The maximum absolute atomic E-state index is 13.6. The zero-order chi connectivity index (χ0) is 19.0. The molecule has 1 aromatic heterocycles. The van der Waals surface area contributed by atoms with E-state index < -0.39 is 11.7 Å². The van der Waals surface area contributed by atoms with Crippen LogP contribution in [0.4, 0.5) is 10.1 Å². The Balaban J connectivity index is 1.55. The molecule has 0 aliphatic heterocycles. The van der Waals surface area contributed by atoms with Crippen molar-refractivity contribution in [2.75, 3.05) is 11.9 Å². The maximum Gasteiger partial charge on any atom is 0.339 e. The average Bonchev–Trinajstić information content (AvgIpc) is 3.15. The lowest BCUT2D eigenvalue weighted by atomic mass is 10.0. The molecule has 1 aliphatic carbocycles. The molecule has 2 aromatic carbocycles. The van der Waals surface area contributed by atoms with Gasteiger partial charge in [-0.1, -0.05) is 12.1 Å². The molecular formula is C21H18FNO4. The first-order valence-corrected chi connectivity index (χ1v) is 8.80. The molecule has 0 bridgehead atoms. The normalized spacial score (nSPS) is 12.8. The van der Waals surface area contributed by atoms with Gasteiger partial charge in [0.25, 0.3) is 5.91 Å². The van der Waals surface area contributed by atoms with E-state index in [1.54, 1.807) is 25.1 Å². The first-order valence-electron chi connectivity index (χ1n) is 8.80. The minimum absolute atomic E-state index is 0.0999. The van der Waals surface area contributed by atoms with Crippen LogP contribution in [0.3, 0.4) is 0 Å². The summed E-state index contributed by atoms with van der Waals surface area (Å²) in [6, 6.07) is 9.55. The van der Waals surface area contributed by atoms with Gasteiger partial charge in [-0.3, -0.25) is 4.79 Å². The third-order valence-corrected chi connectivity index (χ3v) is 4.85. The number of ether oxygens (including phenoxy) is 1. The zero-order valence-electron chi connectivity index (χ0n) is 14.8. The van der Waals surface area contributed by atoms with Gasteiger partial charge in [-0.15, -0.1) is 0 Å². The summed E-state index contributed by atoms with van der Waals surface area (Å²) in [5.41, 5.74) is 2.77. The topological polar surface area (TPSA) is 68.5 Å². The summed E-state index contributed by atoms with van der Waals surface area (Å²) in [6.07, 6.45) is 2.57. The van der Waals surface area contributed by atoms with E-state index in [2.05, 4.69) is 5.32 Å². The molecule has 0 atom stereocenters. The van der Waals surface area contributed by atoms with Gasteiger partial charge >= 0.3 is 5.63 Å². The molecule has 1 aliphatic rings. The van der Waals surface area contributed by atoms with Crippen LogP contribution in [0.1, 0.15) is 23.1 Å². The van der Waals surface area contributed by atoms with Crippen molar-refractivity contribution >= 4 is 22.6 Å². The van der Waals surface area contributed by atoms with E-state index in [-0.39, 0.29) is 17.9 Å². The van der Waals surface area contributed by atoms with Crippen LogP contribution in [0.15, 0.2) is 45.6 Å². The molecule has 138 valence electrons. The summed E-state index contributed by atoms with van der Waals surface area (Å²) in [4.78, 5) is 24.2. The van der Waals surface area contributed by atoms with E-state index in [1.165, 1.54) is 12.1 Å². The van der Waals surface area contributed by atoms with Gasteiger partial charge < -0.3 is 14.5 Å². The van der Waals surface area contributed by atoms with Crippen molar-refractivity contribution in [3.63, 3.8) is 0 Å². The third kappa shape index (κ3) is 3.18. The lowest BCUT2D eigenvalue weighted by molar-refractivity contribution is -0.118. The molecule has 1 heterocycles. The first kappa shape index (κ1) is 17.3. The number of para-hydroxylation sites is 1. The number of carbonyl (C=O) groups is 1. The van der Waals surface area contributed by atoms with Gasteiger partial charge in [-0.2, -0.15) is 0 Å². The number of amides is 1. The van der Waals surface area contributed by atoms with Crippen molar-refractivity contribution in [2.45, 2.75) is 26.2 Å². The number of hydrogen-bond donors (Lipinski definition) is 1. The van der Waals surface area contributed by atoms with Gasteiger partial charge in [-0.05, 0) is 56.0 Å². The average molecular weight is 367 g/mol. The molecule has 27 heavy (non-hydrogen) atoms. The molecule has 0 unspecified atom stereocenters. The SMILES string of the molecule is Cc1c(OCC(=O)Nc2ccccc2F)ccc2c3c(c(=O)oc12)CCC3. The molecule has 4 rings (SSSR count). The van der Waals surface area contributed by atoms with Gasteiger partial charge in [0.15, 0.2) is 6.61 Å². The highest BCUT2D eigenvalue weighted by Gasteiger charge is 2.21. The Kier molecular flexibility index (Phi) is 4.39. The minimum Gasteiger partial charge on any atom is -0.483 e. The molecule has 6 heteroatoms. The van der Waals surface area contributed by atoms with Crippen LogP contribution in [0.2, 0.25) is 0 Å². The fraction of sp³-hybridized carbons (Fsp3) is 0.238. The predicted molar refractivity (Wildman–Crippen MR) is 99.8 cm³/mol. The molecule has 5 nitrogen and oxygen atoms in total. The van der Waals surface area contributed by atoms with Gasteiger partial charge in [0.1, 0.15) is 17.1 Å². The summed E-state index contributed by atoms with van der Waals surface area (Å²) < 4.78 is 24.7. The molecule has 0 fully saturated rings. The molecule has 0 radical (unpaired) electrons. The third-order valence-electron chi connectivity index (χ3n) is 4.85. The first-order chi connectivity index (χ1) is 13.0. The largest absolute Gasteiger partial charge is 0.483 e. The van der Waals surface area contributed by atoms with E-state index in [0.717, 1.165) is 35.8 Å². The monoisotopic (exact) mass is 367 g/mol. The maximum atomic E-state index is 13.6. The number of aryl methyl sites for hydroxylation is 2. The van der Waals surface area contributed by atoms with E-state index in [9.17, 15) is 14.0 Å². The van der Waals surface area contributed by atoms with Crippen molar-refractivity contribution in [1.29, 1.82) is 0 Å². The van der Waals surface area contributed by atoms with Crippen molar-refractivity contribution in [3.8, 4) is 5.75 Å². The number of rotatable bonds is 4. The Morgan fingerprint density at radius 1 is 1.19 bits per heavy atom. The number of halogens is 1. The van der Waals surface area contributed by atoms with Crippen LogP contribution in [-0.4, -0.2) is 12.5 Å². The molecule has 0 saturated heterocycles. The number of nitrogens with one attached hydrogen (secondary N) is 1. The Labute approximate surface area is 154 Å². The summed E-state index contributed by atoms with van der Waals surface area (Å²) in [7, 11) is 0. The fourth-order valence-corrected chi connectivity index (χ4v) is 3.51. The van der Waals surface area contributed by atoms with E-state index in [4.69, 9.17) is 9.15 Å². The van der Waals surface area contributed by atoms with Crippen molar-refractivity contribution in [3.05, 3.63) is 69.3 Å². The highest BCUT2D eigenvalue weighted by molar-refractivity contribution is 5.92. The second kappa shape index (κ2) is 6.87. The quantitative estimate of drug-likeness (QED) is 0.713. The van der Waals surface area contributed by atoms with Gasteiger partial charge in [0.05, 0.1) is 5.69 Å². The highest BCUT2D eigenvalue weighted by atomic mass is 19.1. The van der Waals surface area contributed by atoms with Crippen LogP contribution in [-0.2, 0) is 17.6 Å². The van der Waals surface area contributed by atoms with E-state index in [0.29, 0.717) is 16.9 Å². The molecule has 1 amide bonds. The van der Waals surface area contributed by atoms with Gasteiger partial charge in [-0.25, -0.2) is 9.18 Å². The summed E-state index contributed by atoms with van der Waals surface area (Å²) in [5, 5.41) is 3.39. The van der Waals surface area contributed by atoms with E-state index >= 15 is 0 Å². The lowest BCUT2D eigenvalue weighted by Crippen LogP contribution is -2.21. The van der Waals surface area contributed by atoms with Crippen molar-refractivity contribution in [2.24, 2.45) is 0 Å². The molecule has 1 N–H and O–H groups in total. The smallest absolute Gasteiger partial charge is 0.339 e. The zero-order valence-corrected chi connectivity index (χ0v) is 14.8. The van der Waals surface area contributed by atoms with Crippen molar-refractivity contribution < 1.29 is 18.3 Å². The van der Waals surface area contributed by atoms with Gasteiger partial charge in [0, 0.05) is 16.5 Å². The number of hydrogen-bond acceptors (Lipinski definition) is 4. The summed E-state index contributed by atoms with van der Waals surface area (Å²) >= 11 is 0. The number of carbonyl (C=O) groups excluding carboxylic acids is 1. The number of benzene rings is 2. The number of anilines is 1. The second-order valence-corrected chi connectivity index (χ2v) is 6.58. The Morgan fingerprint density at radius 3 is 2.78 bits per heavy atom. The van der Waals surface area contributed by atoms with Crippen LogP contribution in [0.5, 0.6) is 5.75 Å². The molecular weight excluding hydrogens is 349 g/mol. The predicted octanol–water partition coefficient (Wildman–Crippen LogP) is 3.75. The Bertz CT molecular complexity index is 1100. The second-order valence-electron chi connectivity index (χ2n) is 6.58. The molecule has 3 aromatic rings. The Morgan fingerprint density at radius 2 is 1.96 bits per heavy atom. The van der Waals surface area contributed by atoms with Crippen LogP contribution in [0, 0.1) is 12.7 Å². The summed E-state index contributed by atoms with van der Waals surface area (Å²) in [5.74, 6) is -0.536. The van der Waals surface area contributed by atoms with Gasteiger partial charge in [0.2, 0.25) is 0 Å². The van der Waals surface area contributed by atoms with Crippen LogP contribution < -0.4 is 15.7 Å². The van der Waals surface area contributed by atoms with E-state index in [1.807, 2.05) is 6.07 Å². The lowest BCUT2D eigenvalue weighted by Gasteiger charge is -2.12. The van der Waals surface area contributed by atoms with Crippen LogP contribution in [0.25, 0.3) is 11.0 Å². The standard InChI is InChI=1S/C21H18FNO4/c1-12-18(26-11-19(24)23-17-8-3-2-7-16(17)22)10-9-14-13-5-4-6-15(13)21(25)27-20(12)14/h2-3,7-10H,4-6,11H2,1H3,(H,23,24). The Hall–Kier alpha value is -3.15. The highest BCUT2D eigenvalue weighted by Crippen LogP contribution is 2.33. The van der Waals surface area contributed by atoms with Crippen LogP contribution >= 0.6 is 0 Å². The number of fused-ring (bicyclic) bond motifs is 3.